The van der Waals surface area contributed by atoms with Gasteiger partial charge in [0.15, 0.2) is 0 Å². The zero-order valence-corrected chi connectivity index (χ0v) is 9.05. The van der Waals surface area contributed by atoms with E-state index in [-0.39, 0.29) is 18.2 Å². The summed E-state index contributed by atoms with van der Waals surface area (Å²) >= 11 is 1.53. The van der Waals surface area contributed by atoms with Crippen LogP contribution in [0.4, 0.5) is 4.39 Å². The first-order valence-electron chi connectivity index (χ1n) is 3.92. The van der Waals surface area contributed by atoms with Crippen LogP contribution in [0.3, 0.4) is 0 Å². The largest absolute Gasteiger partial charge is 0.264 e. The second-order valence-corrected chi connectivity index (χ2v) is 3.24. The molecule has 4 heteroatoms. The number of halogens is 2. The van der Waals surface area contributed by atoms with Gasteiger partial charge in [0, 0.05) is 12.3 Å². The van der Waals surface area contributed by atoms with Crippen LogP contribution in [0.5, 0.6) is 0 Å². The van der Waals surface area contributed by atoms with E-state index in [9.17, 15) is 4.39 Å². The molecule has 1 aromatic carbocycles. The van der Waals surface area contributed by atoms with Crippen LogP contribution < -0.4 is 4.72 Å². The predicted molar refractivity (Wildman–Crippen MR) is 58.6 cm³/mol. The van der Waals surface area contributed by atoms with Crippen LogP contribution in [-0.4, -0.2) is 6.54 Å². The molecule has 0 atom stereocenters. The number of hydrogen-bond donors (Lipinski definition) is 1. The third-order valence-corrected chi connectivity index (χ3v) is 2.38. The Morgan fingerprint density at radius 2 is 2.08 bits per heavy atom. The molecule has 0 heterocycles. The fraction of sp³-hybridized carbons (Fsp3) is 0.333. The van der Waals surface area contributed by atoms with Crippen LogP contribution in [0.15, 0.2) is 24.3 Å². The fourth-order valence-corrected chi connectivity index (χ4v) is 1.54. The standard InChI is InChI=1S/C9H12FNS.ClH/c1-2-11-12-7-8-5-3-4-6-9(8)10;/h3-6,11H,2,7H2,1H3;1H. The minimum Gasteiger partial charge on any atom is -0.264 e. The summed E-state index contributed by atoms with van der Waals surface area (Å²) in [5.74, 6) is 0.559. The Hall–Kier alpha value is -0.250. The molecule has 0 amide bonds. The van der Waals surface area contributed by atoms with Crippen molar-refractivity contribution in [1.29, 1.82) is 0 Å². The van der Waals surface area contributed by atoms with Crippen molar-refractivity contribution in [3.05, 3.63) is 35.6 Å². The number of benzene rings is 1. The van der Waals surface area contributed by atoms with Crippen LogP contribution in [0.1, 0.15) is 12.5 Å². The molecule has 1 N–H and O–H groups in total. The molecule has 0 spiro atoms. The SMILES string of the molecule is CCNSCc1ccccc1F.Cl. The van der Waals surface area contributed by atoms with Gasteiger partial charge in [-0.05, 0) is 11.6 Å². The van der Waals surface area contributed by atoms with Crippen LogP contribution in [0.2, 0.25) is 0 Å². The first-order chi connectivity index (χ1) is 5.84. The molecule has 1 aromatic rings. The van der Waals surface area contributed by atoms with Gasteiger partial charge in [0.1, 0.15) is 5.82 Å². The third kappa shape index (κ3) is 4.50. The van der Waals surface area contributed by atoms with Crippen molar-refractivity contribution in [2.75, 3.05) is 6.54 Å². The van der Waals surface area contributed by atoms with E-state index in [1.165, 1.54) is 18.0 Å². The molecule has 13 heavy (non-hydrogen) atoms. The monoisotopic (exact) mass is 221 g/mol. The normalized spacial score (nSPS) is 9.38. The smallest absolute Gasteiger partial charge is 0.127 e. The van der Waals surface area contributed by atoms with Crippen LogP contribution in [0, 0.1) is 5.82 Å². The third-order valence-electron chi connectivity index (χ3n) is 1.43. The Morgan fingerprint density at radius 1 is 1.38 bits per heavy atom. The Labute approximate surface area is 88.7 Å². The van der Waals surface area contributed by atoms with Gasteiger partial charge in [-0.3, -0.25) is 4.72 Å². The molecule has 0 aliphatic rings. The summed E-state index contributed by atoms with van der Waals surface area (Å²) in [5.41, 5.74) is 0.753. The summed E-state index contributed by atoms with van der Waals surface area (Å²) in [5, 5.41) is 0. The van der Waals surface area contributed by atoms with Gasteiger partial charge in [-0.25, -0.2) is 4.39 Å². The van der Waals surface area contributed by atoms with E-state index in [1.807, 2.05) is 13.0 Å². The quantitative estimate of drug-likeness (QED) is 0.620. The Balaban J connectivity index is 0.00000144. The Morgan fingerprint density at radius 3 is 2.69 bits per heavy atom. The van der Waals surface area contributed by atoms with E-state index in [4.69, 9.17) is 0 Å². The molecule has 74 valence electrons. The van der Waals surface area contributed by atoms with Crippen LogP contribution in [-0.2, 0) is 5.75 Å². The molecule has 0 saturated carbocycles. The topological polar surface area (TPSA) is 12.0 Å². The number of nitrogens with one attached hydrogen (secondary N) is 1. The van der Waals surface area contributed by atoms with Crippen molar-refractivity contribution in [2.45, 2.75) is 12.7 Å². The van der Waals surface area contributed by atoms with E-state index < -0.39 is 0 Å². The minimum absolute atomic E-state index is 0. The van der Waals surface area contributed by atoms with Crippen molar-refractivity contribution in [2.24, 2.45) is 0 Å². The van der Waals surface area contributed by atoms with E-state index in [0.29, 0.717) is 5.75 Å². The van der Waals surface area contributed by atoms with E-state index in [0.717, 1.165) is 12.1 Å². The highest BCUT2D eigenvalue weighted by atomic mass is 35.5. The summed E-state index contributed by atoms with van der Waals surface area (Å²) in [7, 11) is 0. The maximum Gasteiger partial charge on any atom is 0.127 e. The van der Waals surface area contributed by atoms with E-state index in [1.54, 1.807) is 12.1 Å². The molecule has 0 aromatic heterocycles. The van der Waals surface area contributed by atoms with Gasteiger partial charge in [-0.15, -0.1) is 12.4 Å². The second-order valence-electron chi connectivity index (χ2n) is 2.38. The summed E-state index contributed by atoms with van der Waals surface area (Å²) in [6.07, 6.45) is 0. The average Bonchev–Trinajstić information content (AvgIpc) is 2.09. The lowest BCUT2D eigenvalue weighted by atomic mass is 10.2. The van der Waals surface area contributed by atoms with Gasteiger partial charge >= 0.3 is 0 Å². The van der Waals surface area contributed by atoms with Gasteiger partial charge in [-0.2, -0.15) is 0 Å². The first-order valence-corrected chi connectivity index (χ1v) is 4.91. The molecule has 1 nitrogen and oxygen atoms in total. The Kier molecular flexibility index (Phi) is 7.04. The van der Waals surface area contributed by atoms with Gasteiger partial charge in [0.05, 0.1) is 0 Å². The molecule has 0 aliphatic carbocycles. The molecule has 1 rings (SSSR count). The van der Waals surface area contributed by atoms with Crippen molar-refractivity contribution in [3.63, 3.8) is 0 Å². The highest BCUT2D eigenvalue weighted by molar-refractivity contribution is 7.96. The molecule has 0 bridgehead atoms. The summed E-state index contributed by atoms with van der Waals surface area (Å²) in [4.78, 5) is 0. The molecule has 0 fully saturated rings. The summed E-state index contributed by atoms with van der Waals surface area (Å²) in [6, 6.07) is 6.85. The lowest BCUT2D eigenvalue weighted by molar-refractivity contribution is 0.617. The number of rotatable bonds is 4. The number of hydrogen-bond acceptors (Lipinski definition) is 2. The summed E-state index contributed by atoms with van der Waals surface area (Å²) < 4.78 is 16.0. The minimum atomic E-state index is -0.122. The fourth-order valence-electron chi connectivity index (χ4n) is 0.846. The van der Waals surface area contributed by atoms with Crippen molar-refractivity contribution in [3.8, 4) is 0 Å². The van der Waals surface area contributed by atoms with Gasteiger partial charge < -0.3 is 0 Å². The molecular weight excluding hydrogens is 209 g/mol. The van der Waals surface area contributed by atoms with Gasteiger partial charge in [0.2, 0.25) is 0 Å². The van der Waals surface area contributed by atoms with Gasteiger partial charge in [-0.1, -0.05) is 37.1 Å². The zero-order valence-electron chi connectivity index (χ0n) is 7.42. The van der Waals surface area contributed by atoms with E-state index >= 15 is 0 Å². The maximum atomic E-state index is 13.0. The molecule has 0 aliphatic heterocycles. The highest BCUT2D eigenvalue weighted by Crippen LogP contribution is 2.12. The van der Waals surface area contributed by atoms with Gasteiger partial charge in [0.25, 0.3) is 0 Å². The lowest BCUT2D eigenvalue weighted by Gasteiger charge is -2.01. The lowest BCUT2D eigenvalue weighted by Crippen LogP contribution is -2.01. The van der Waals surface area contributed by atoms with Crippen molar-refractivity contribution in [1.82, 2.24) is 4.72 Å². The molecule has 0 unspecified atom stereocenters. The second kappa shape index (κ2) is 7.18. The maximum absolute atomic E-state index is 13.0. The predicted octanol–water partition coefficient (Wildman–Crippen LogP) is 3.01. The van der Waals surface area contributed by atoms with Crippen molar-refractivity contribution < 1.29 is 4.39 Å². The van der Waals surface area contributed by atoms with Crippen LogP contribution >= 0.6 is 24.4 Å². The molecule has 0 radical (unpaired) electrons. The highest BCUT2D eigenvalue weighted by Gasteiger charge is 1.98. The Bertz CT molecular complexity index is 245. The molecular formula is C9H13ClFNS. The average molecular weight is 222 g/mol. The summed E-state index contributed by atoms with van der Waals surface area (Å²) in [6.45, 7) is 2.92. The molecule has 0 saturated heterocycles. The van der Waals surface area contributed by atoms with Crippen LogP contribution in [0.25, 0.3) is 0 Å². The van der Waals surface area contributed by atoms with Crippen molar-refractivity contribution >= 4 is 24.4 Å². The van der Waals surface area contributed by atoms with E-state index in [2.05, 4.69) is 4.72 Å². The zero-order chi connectivity index (χ0) is 8.81. The first kappa shape index (κ1) is 12.8.